The average molecular weight is 751 g/mol. The molecule has 0 aliphatic carbocycles. The first kappa shape index (κ1) is 33.4. The molecule has 0 heterocycles. The van der Waals surface area contributed by atoms with Crippen LogP contribution in [0.3, 0.4) is 0 Å². The first-order valence-electron chi connectivity index (χ1n) is 13.6. The second-order valence-electron chi connectivity index (χ2n) is 10.0. The van der Waals surface area contributed by atoms with Crippen LogP contribution in [0, 0.1) is 0 Å². The molecule has 4 aromatic carbocycles. The highest BCUT2D eigenvalue weighted by Crippen LogP contribution is 2.35. The van der Waals surface area contributed by atoms with Crippen LogP contribution in [0.25, 0.3) is 11.1 Å². The van der Waals surface area contributed by atoms with Gasteiger partial charge in [-0.05, 0) is 85.3 Å². The summed E-state index contributed by atoms with van der Waals surface area (Å²) in [7, 11) is 0. The smallest absolute Gasteiger partial charge is 0.181 e. The van der Waals surface area contributed by atoms with Gasteiger partial charge < -0.3 is 24.4 Å². The zero-order chi connectivity index (χ0) is 30.8. The molecule has 9 heteroatoms. The van der Waals surface area contributed by atoms with Gasteiger partial charge in [-0.25, -0.2) is 0 Å². The van der Waals surface area contributed by atoms with E-state index in [9.17, 15) is 10.2 Å². The number of halogens is 4. The van der Waals surface area contributed by atoms with Crippen LogP contribution < -0.4 is 14.2 Å². The van der Waals surface area contributed by atoms with Crippen molar-refractivity contribution in [1.29, 1.82) is 0 Å². The third-order valence-corrected chi connectivity index (χ3v) is 8.17. The molecule has 0 aliphatic heterocycles. The number of aliphatic hydroxyl groups excluding tert-OH is 2. The van der Waals surface area contributed by atoms with E-state index in [2.05, 4.69) is 31.9 Å². The van der Waals surface area contributed by atoms with Crippen molar-refractivity contribution >= 4 is 55.1 Å². The Kier molecular flexibility index (Phi) is 12.4. The van der Waals surface area contributed by atoms with Crippen LogP contribution in [0.1, 0.15) is 19.8 Å². The number of ether oxygens (including phenoxy) is 3. The Morgan fingerprint density at radius 3 is 2.00 bits per heavy atom. The molecular weight excluding hydrogens is 719 g/mol. The highest BCUT2D eigenvalue weighted by atomic mass is 79.9. The molecule has 0 saturated heterocycles. The summed E-state index contributed by atoms with van der Waals surface area (Å²) in [5, 5.41) is 18.6. The predicted molar refractivity (Wildman–Crippen MR) is 181 cm³/mol. The standard InChI is InChI=1S/C34H32Br2Cl2O5/c1-34(38,43-28-18-12-25(36)13-19-28)22-31(37)32(40)21-29(5-4-20-39)42-33-7-3-2-6-30(33)23-8-14-26(15-9-23)41-27-16-10-24(35)11-17-27/h2-19,29,31-32,39-40H,20-22H2,1H3. The quantitative estimate of drug-likeness (QED) is 0.0993. The highest BCUT2D eigenvalue weighted by molar-refractivity contribution is 9.10. The van der Waals surface area contributed by atoms with Gasteiger partial charge >= 0.3 is 0 Å². The molecule has 0 saturated carbocycles. The largest absolute Gasteiger partial charge is 0.486 e. The fourth-order valence-electron chi connectivity index (χ4n) is 4.35. The molecule has 4 unspecified atom stereocenters. The highest BCUT2D eigenvalue weighted by Gasteiger charge is 2.32. The molecule has 0 aliphatic rings. The van der Waals surface area contributed by atoms with Crippen molar-refractivity contribution in [3.8, 4) is 34.1 Å². The Morgan fingerprint density at radius 1 is 0.837 bits per heavy atom. The molecule has 0 aromatic heterocycles. The molecule has 4 atom stereocenters. The maximum absolute atomic E-state index is 11.0. The van der Waals surface area contributed by atoms with Crippen molar-refractivity contribution in [2.24, 2.45) is 0 Å². The molecule has 0 fully saturated rings. The molecule has 0 radical (unpaired) electrons. The van der Waals surface area contributed by atoms with Crippen molar-refractivity contribution < 1.29 is 24.4 Å². The summed E-state index contributed by atoms with van der Waals surface area (Å²) in [6.07, 6.45) is 2.11. The van der Waals surface area contributed by atoms with E-state index in [0.717, 1.165) is 25.8 Å². The second-order valence-corrected chi connectivity index (χ2v) is 13.2. The van der Waals surface area contributed by atoms with Gasteiger partial charge in [0.1, 0.15) is 29.1 Å². The van der Waals surface area contributed by atoms with E-state index >= 15 is 0 Å². The first-order valence-corrected chi connectivity index (χ1v) is 16.0. The van der Waals surface area contributed by atoms with E-state index in [1.54, 1.807) is 31.2 Å². The van der Waals surface area contributed by atoms with Crippen molar-refractivity contribution in [1.82, 2.24) is 0 Å². The van der Waals surface area contributed by atoms with Crippen molar-refractivity contribution in [3.63, 3.8) is 0 Å². The lowest BCUT2D eigenvalue weighted by molar-refractivity contribution is 0.0870. The van der Waals surface area contributed by atoms with Crippen LogP contribution in [0.5, 0.6) is 23.0 Å². The van der Waals surface area contributed by atoms with E-state index in [1.165, 1.54) is 0 Å². The summed E-state index contributed by atoms with van der Waals surface area (Å²) in [5.41, 5.74) is 1.80. The van der Waals surface area contributed by atoms with E-state index in [-0.39, 0.29) is 19.4 Å². The minimum absolute atomic E-state index is 0.164. The Hall–Kier alpha value is -2.52. The minimum Gasteiger partial charge on any atom is -0.486 e. The summed E-state index contributed by atoms with van der Waals surface area (Å²) in [6, 6.07) is 30.3. The first-order chi connectivity index (χ1) is 20.6. The minimum atomic E-state index is -1.14. The molecule has 4 rings (SSSR count). The van der Waals surface area contributed by atoms with Gasteiger partial charge in [0.25, 0.3) is 0 Å². The Balaban J connectivity index is 1.43. The molecule has 0 spiro atoms. The van der Waals surface area contributed by atoms with Gasteiger partial charge in [0.05, 0.1) is 18.1 Å². The lowest BCUT2D eigenvalue weighted by atomic mass is 10.0. The molecule has 0 bridgehead atoms. The molecule has 0 amide bonds. The summed E-state index contributed by atoms with van der Waals surface area (Å²) < 4.78 is 20.2. The number of hydrogen-bond donors (Lipinski definition) is 2. The van der Waals surface area contributed by atoms with Crippen molar-refractivity contribution in [2.45, 2.75) is 42.4 Å². The summed E-state index contributed by atoms with van der Waals surface area (Å²) in [6.45, 7) is 1.55. The Labute approximate surface area is 279 Å². The fourth-order valence-corrected chi connectivity index (χ4v) is 5.61. The fraction of sp³-hybridized carbons (Fsp3) is 0.235. The van der Waals surface area contributed by atoms with Gasteiger partial charge in [0.15, 0.2) is 5.06 Å². The monoisotopic (exact) mass is 748 g/mol. The zero-order valence-corrected chi connectivity index (χ0v) is 28.1. The summed E-state index contributed by atoms with van der Waals surface area (Å²) >= 11 is 20.1. The third-order valence-electron chi connectivity index (χ3n) is 6.43. The number of hydrogen-bond acceptors (Lipinski definition) is 5. The maximum Gasteiger partial charge on any atom is 0.181 e. The van der Waals surface area contributed by atoms with Crippen LogP contribution >= 0.6 is 55.1 Å². The van der Waals surface area contributed by atoms with Gasteiger partial charge in [-0.3, -0.25) is 0 Å². The summed E-state index contributed by atoms with van der Waals surface area (Å²) in [5.74, 6) is 2.66. The topological polar surface area (TPSA) is 68.2 Å². The molecule has 4 aromatic rings. The van der Waals surface area contributed by atoms with Crippen LogP contribution in [-0.4, -0.2) is 39.5 Å². The number of para-hydroxylation sites is 1. The van der Waals surface area contributed by atoms with Gasteiger partial charge in [-0.1, -0.05) is 79.9 Å². The lowest BCUT2D eigenvalue weighted by Gasteiger charge is -2.29. The number of benzene rings is 4. The summed E-state index contributed by atoms with van der Waals surface area (Å²) in [4.78, 5) is 0. The van der Waals surface area contributed by atoms with E-state index in [4.69, 9.17) is 37.4 Å². The molecule has 2 N–H and O–H groups in total. The lowest BCUT2D eigenvalue weighted by Crippen LogP contribution is -2.36. The molecule has 226 valence electrons. The van der Waals surface area contributed by atoms with Gasteiger partial charge in [0, 0.05) is 27.4 Å². The third kappa shape index (κ3) is 10.6. The van der Waals surface area contributed by atoms with E-state index < -0.39 is 22.6 Å². The molecular formula is C34H32Br2Cl2O5. The van der Waals surface area contributed by atoms with E-state index in [0.29, 0.717) is 17.2 Å². The number of rotatable bonds is 14. The van der Waals surface area contributed by atoms with Crippen LogP contribution in [0.15, 0.2) is 118 Å². The van der Waals surface area contributed by atoms with Gasteiger partial charge in [-0.15, -0.1) is 11.6 Å². The Morgan fingerprint density at radius 2 is 1.40 bits per heavy atom. The van der Waals surface area contributed by atoms with Crippen molar-refractivity contribution in [3.05, 3.63) is 118 Å². The molecule has 43 heavy (non-hydrogen) atoms. The predicted octanol–water partition coefficient (Wildman–Crippen LogP) is 9.75. The number of alkyl halides is 2. The van der Waals surface area contributed by atoms with Crippen LogP contribution in [0.4, 0.5) is 0 Å². The SMILES string of the molecule is CC(Cl)(CC(Cl)C(O)CC(C=CCO)Oc1ccccc1-c1ccc(Oc2ccc(Br)cc2)cc1)Oc1ccc(Br)cc1. The molecule has 5 nitrogen and oxygen atoms in total. The maximum atomic E-state index is 11.0. The van der Waals surface area contributed by atoms with Crippen LogP contribution in [0.2, 0.25) is 0 Å². The Bertz CT molecular complexity index is 1460. The van der Waals surface area contributed by atoms with Gasteiger partial charge in [-0.2, -0.15) is 0 Å². The average Bonchev–Trinajstić information content (AvgIpc) is 2.98. The normalized spacial score (nSPS) is 15.0. The van der Waals surface area contributed by atoms with Crippen LogP contribution in [-0.2, 0) is 0 Å². The zero-order valence-electron chi connectivity index (χ0n) is 23.4. The number of aliphatic hydroxyl groups is 2. The van der Waals surface area contributed by atoms with Gasteiger partial charge in [0.2, 0.25) is 0 Å². The second kappa shape index (κ2) is 16.0. The van der Waals surface area contributed by atoms with E-state index in [1.807, 2.05) is 84.9 Å². The van der Waals surface area contributed by atoms with Crippen molar-refractivity contribution in [2.75, 3.05) is 6.61 Å².